The molecule has 0 N–H and O–H groups in total. The molecule has 41 heavy (non-hydrogen) atoms. The van der Waals surface area contributed by atoms with Crippen LogP contribution in [0.25, 0.3) is 29.3 Å². The topological polar surface area (TPSA) is 38.2 Å². The molecule has 5 heteroatoms. The highest BCUT2D eigenvalue weighted by Gasteiger charge is 2.13. The number of nitrogens with zero attached hydrogens (tertiary/aromatic N) is 3. The zero-order valence-corrected chi connectivity index (χ0v) is 24.9. The van der Waals surface area contributed by atoms with E-state index in [1.54, 1.807) is 0 Å². The normalized spacial score (nSPS) is 11.6. The maximum absolute atomic E-state index is 6.00. The second-order valence-electron chi connectivity index (χ2n) is 10.2. The van der Waals surface area contributed by atoms with Gasteiger partial charge in [0.1, 0.15) is 16.8 Å². The van der Waals surface area contributed by atoms with E-state index in [1.807, 2.05) is 13.0 Å². The first-order chi connectivity index (χ1) is 20.2. The predicted octanol–water partition coefficient (Wildman–Crippen LogP) is 10.6. The number of allylic oxidation sites excluding steroid dienone is 1. The molecule has 208 valence electrons. The molecule has 0 unspecified atom stereocenters. The standard InChI is InChI=1S/C36H37N3OS/c1-4-6-7-8-26-40-34-24-22-33(23-25-34)39(31-18-10-27(3)11-19-31)32-20-13-28(14-21-32)12-15-30-17-16-29(9-5-2)35-36(30)38-41-37-35/h5,9-25H,4,6-8,26H2,1-3H3. The van der Waals surface area contributed by atoms with Gasteiger partial charge < -0.3 is 9.64 Å². The van der Waals surface area contributed by atoms with Crippen molar-refractivity contribution >= 4 is 58.1 Å². The van der Waals surface area contributed by atoms with Gasteiger partial charge in [-0.25, -0.2) is 0 Å². The van der Waals surface area contributed by atoms with E-state index in [0.29, 0.717) is 0 Å². The SMILES string of the molecule is CC=Cc1ccc(C=Cc2ccc(N(c3ccc(C)cc3)c3ccc(OCCCCCC)cc3)cc2)c2nsnc12. The number of anilines is 3. The van der Waals surface area contributed by atoms with Gasteiger partial charge in [-0.15, -0.1) is 0 Å². The highest BCUT2D eigenvalue weighted by molar-refractivity contribution is 7.00. The first-order valence-corrected chi connectivity index (χ1v) is 15.1. The molecule has 0 saturated carbocycles. The molecule has 4 aromatic carbocycles. The van der Waals surface area contributed by atoms with Gasteiger partial charge in [0.25, 0.3) is 0 Å². The van der Waals surface area contributed by atoms with Crippen molar-refractivity contribution in [2.75, 3.05) is 11.5 Å². The number of fused-ring (bicyclic) bond motifs is 1. The molecule has 0 fully saturated rings. The van der Waals surface area contributed by atoms with Gasteiger partial charge in [0, 0.05) is 28.2 Å². The largest absolute Gasteiger partial charge is 0.494 e. The molecule has 4 nitrogen and oxygen atoms in total. The molecule has 1 heterocycles. The lowest BCUT2D eigenvalue weighted by molar-refractivity contribution is 0.305. The van der Waals surface area contributed by atoms with E-state index in [1.165, 1.54) is 36.6 Å². The molecular weight excluding hydrogens is 522 g/mol. The molecule has 5 rings (SSSR count). The minimum absolute atomic E-state index is 0.764. The summed E-state index contributed by atoms with van der Waals surface area (Å²) in [4.78, 5) is 2.28. The van der Waals surface area contributed by atoms with E-state index in [0.717, 1.165) is 63.6 Å². The van der Waals surface area contributed by atoms with Crippen LogP contribution in [0.2, 0.25) is 0 Å². The van der Waals surface area contributed by atoms with Crippen molar-refractivity contribution in [1.82, 2.24) is 8.75 Å². The van der Waals surface area contributed by atoms with Crippen molar-refractivity contribution in [1.29, 1.82) is 0 Å². The number of rotatable bonds is 12. The highest BCUT2D eigenvalue weighted by Crippen LogP contribution is 2.36. The van der Waals surface area contributed by atoms with Gasteiger partial charge in [-0.3, -0.25) is 0 Å². The van der Waals surface area contributed by atoms with Crippen molar-refractivity contribution in [3.8, 4) is 5.75 Å². The number of aryl methyl sites for hydroxylation is 1. The first kappa shape index (κ1) is 28.3. The second kappa shape index (κ2) is 13.9. The monoisotopic (exact) mass is 559 g/mol. The Balaban J connectivity index is 1.37. The highest BCUT2D eigenvalue weighted by atomic mass is 32.1. The van der Waals surface area contributed by atoms with Crippen LogP contribution in [0.1, 0.15) is 61.8 Å². The fourth-order valence-corrected chi connectivity index (χ4v) is 5.41. The Morgan fingerprint density at radius 1 is 0.683 bits per heavy atom. The van der Waals surface area contributed by atoms with Gasteiger partial charge >= 0.3 is 0 Å². The summed E-state index contributed by atoms with van der Waals surface area (Å²) in [6.45, 7) is 7.13. The summed E-state index contributed by atoms with van der Waals surface area (Å²) < 4.78 is 15.1. The van der Waals surface area contributed by atoms with Crippen molar-refractivity contribution in [3.63, 3.8) is 0 Å². The molecule has 0 aliphatic heterocycles. The smallest absolute Gasteiger partial charge is 0.119 e. The Labute approximate surface area is 248 Å². The van der Waals surface area contributed by atoms with Crippen molar-refractivity contribution < 1.29 is 4.74 Å². The van der Waals surface area contributed by atoms with E-state index >= 15 is 0 Å². The lowest BCUT2D eigenvalue weighted by atomic mass is 10.1. The lowest BCUT2D eigenvalue weighted by Gasteiger charge is -2.26. The van der Waals surface area contributed by atoms with Crippen LogP contribution in [0.15, 0.2) is 91.0 Å². The van der Waals surface area contributed by atoms with Crippen LogP contribution < -0.4 is 9.64 Å². The fraction of sp³-hybridized carbons (Fsp3) is 0.222. The molecule has 0 amide bonds. The molecular formula is C36H37N3OS. The third kappa shape index (κ3) is 7.11. The number of ether oxygens (including phenoxy) is 1. The summed E-state index contributed by atoms with van der Waals surface area (Å²) in [5.74, 6) is 0.915. The van der Waals surface area contributed by atoms with E-state index in [4.69, 9.17) is 4.74 Å². The molecule has 0 aliphatic carbocycles. The lowest BCUT2D eigenvalue weighted by Crippen LogP contribution is -2.10. The number of hydrogen-bond acceptors (Lipinski definition) is 5. The van der Waals surface area contributed by atoms with E-state index < -0.39 is 0 Å². The quantitative estimate of drug-likeness (QED) is 0.113. The number of hydrogen-bond donors (Lipinski definition) is 0. The molecule has 1 aromatic heterocycles. The summed E-state index contributed by atoms with van der Waals surface area (Å²) in [7, 11) is 0. The minimum Gasteiger partial charge on any atom is -0.494 e. The maximum Gasteiger partial charge on any atom is 0.119 e. The van der Waals surface area contributed by atoms with Crippen molar-refractivity contribution in [3.05, 3.63) is 113 Å². The zero-order chi connectivity index (χ0) is 28.4. The Kier molecular flexibility index (Phi) is 9.61. The van der Waals surface area contributed by atoms with Crippen LogP contribution in [-0.4, -0.2) is 15.4 Å². The maximum atomic E-state index is 6.00. The van der Waals surface area contributed by atoms with Gasteiger partial charge in [-0.1, -0.05) is 92.5 Å². The number of unbranched alkanes of at least 4 members (excludes halogenated alkanes) is 3. The van der Waals surface area contributed by atoms with Gasteiger partial charge in [0.15, 0.2) is 0 Å². The third-order valence-electron chi connectivity index (χ3n) is 7.08. The Morgan fingerprint density at radius 2 is 1.27 bits per heavy atom. The summed E-state index contributed by atoms with van der Waals surface area (Å²) in [6, 6.07) is 30.0. The predicted molar refractivity (Wildman–Crippen MR) is 177 cm³/mol. The Hall–Kier alpha value is -4.22. The van der Waals surface area contributed by atoms with Crippen LogP contribution >= 0.6 is 11.7 Å². The molecule has 0 radical (unpaired) electrons. The van der Waals surface area contributed by atoms with Crippen molar-refractivity contribution in [2.45, 2.75) is 46.5 Å². The van der Waals surface area contributed by atoms with E-state index in [9.17, 15) is 0 Å². The summed E-state index contributed by atoms with van der Waals surface area (Å²) in [5, 5.41) is 0. The Bertz CT molecular complexity index is 1600. The Morgan fingerprint density at radius 3 is 1.88 bits per heavy atom. The average Bonchev–Trinajstić information content (AvgIpc) is 3.50. The van der Waals surface area contributed by atoms with Crippen LogP contribution in [0.4, 0.5) is 17.1 Å². The van der Waals surface area contributed by atoms with Gasteiger partial charge in [0.2, 0.25) is 0 Å². The molecule has 0 saturated heterocycles. The van der Waals surface area contributed by atoms with Crippen LogP contribution in [0, 0.1) is 6.92 Å². The fourth-order valence-electron chi connectivity index (χ4n) is 4.83. The summed E-state index contributed by atoms with van der Waals surface area (Å²) >= 11 is 1.26. The number of benzene rings is 4. The van der Waals surface area contributed by atoms with Crippen LogP contribution in [-0.2, 0) is 0 Å². The second-order valence-corrected chi connectivity index (χ2v) is 10.7. The summed E-state index contributed by atoms with van der Waals surface area (Å²) in [6.07, 6.45) is 13.2. The molecule has 0 bridgehead atoms. The first-order valence-electron chi connectivity index (χ1n) is 14.4. The van der Waals surface area contributed by atoms with Crippen LogP contribution in [0.3, 0.4) is 0 Å². The van der Waals surface area contributed by atoms with Gasteiger partial charge in [0.05, 0.1) is 18.3 Å². The molecule has 0 aliphatic rings. The molecule has 5 aromatic rings. The zero-order valence-electron chi connectivity index (χ0n) is 24.1. The third-order valence-corrected chi connectivity index (χ3v) is 7.61. The minimum atomic E-state index is 0.764. The molecule has 0 atom stereocenters. The average molecular weight is 560 g/mol. The van der Waals surface area contributed by atoms with Gasteiger partial charge in [-0.2, -0.15) is 8.75 Å². The van der Waals surface area contributed by atoms with Crippen LogP contribution in [0.5, 0.6) is 5.75 Å². The van der Waals surface area contributed by atoms with Crippen molar-refractivity contribution in [2.24, 2.45) is 0 Å². The van der Waals surface area contributed by atoms with E-state index in [-0.39, 0.29) is 0 Å². The number of aromatic nitrogens is 2. The summed E-state index contributed by atoms with van der Waals surface area (Å²) in [5.41, 5.74) is 9.73. The molecule has 0 spiro atoms. The van der Waals surface area contributed by atoms with Gasteiger partial charge in [-0.05, 0) is 74.4 Å². The van der Waals surface area contributed by atoms with E-state index in [2.05, 4.69) is 131 Å².